The van der Waals surface area contributed by atoms with E-state index in [2.05, 4.69) is 42.2 Å². The Morgan fingerprint density at radius 1 is 1.00 bits per heavy atom. The Morgan fingerprint density at radius 3 is 2.50 bits per heavy atom. The predicted molar refractivity (Wildman–Crippen MR) is 118 cm³/mol. The molecule has 0 saturated heterocycles. The second kappa shape index (κ2) is 8.64. The van der Waals surface area contributed by atoms with E-state index in [0.717, 1.165) is 17.4 Å². The molecule has 0 aliphatic rings. The molecule has 4 nitrogen and oxygen atoms in total. The van der Waals surface area contributed by atoms with Crippen LogP contribution in [0.25, 0.3) is 11.4 Å². The van der Waals surface area contributed by atoms with E-state index in [1.54, 1.807) is 12.1 Å². The number of aromatic nitrogens is 2. The quantitative estimate of drug-likeness (QED) is 0.351. The number of hydrogen-bond donors (Lipinski definition) is 0. The third kappa shape index (κ3) is 4.34. The fourth-order valence-electron chi connectivity index (χ4n) is 3.44. The predicted octanol–water partition coefficient (Wildman–Crippen LogP) is 6.19. The van der Waals surface area contributed by atoms with Crippen LogP contribution in [-0.2, 0) is 6.42 Å². The van der Waals surface area contributed by atoms with Crippen LogP contribution in [0, 0.1) is 13.8 Å². The summed E-state index contributed by atoms with van der Waals surface area (Å²) in [5, 5.41) is 4.84. The maximum Gasteiger partial charge on any atom is 0.234 e. The zero-order chi connectivity index (χ0) is 21.1. The molecule has 0 N–H and O–H groups in total. The molecule has 1 atom stereocenters. The minimum atomic E-state index is -0.124. The summed E-state index contributed by atoms with van der Waals surface area (Å²) >= 11 is 6.26. The summed E-state index contributed by atoms with van der Waals surface area (Å²) in [7, 11) is 0. The molecule has 0 bridgehead atoms. The fraction of sp³-hybridized carbons (Fsp3) is 0.160. The molecule has 150 valence electrons. The Hall–Kier alpha value is -3.24. The van der Waals surface area contributed by atoms with Crippen molar-refractivity contribution >= 4 is 17.9 Å². The van der Waals surface area contributed by atoms with Crippen LogP contribution in [0.15, 0.2) is 71.3 Å². The minimum Gasteiger partial charge on any atom is -0.338 e. The van der Waals surface area contributed by atoms with Crippen molar-refractivity contribution in [2.45, 2.75) is 26.2 Å². The van der Waals surface area contributed by atoms with E-state index in [9.17, 15) is 4.79 Å². The summed E-state index contributed by atoms with van der Waals surface area (Å²) < 4.78 is 5.68. The Kier molecular flexibility index (Phi) is 5.77. The van der Waals surface area contributed by atoms with Crippen LogP contribution in [0.1, 0.15) is 44.4 Å². The van der Waals surface area contributed by atoms with E-state index in [0.29, 0.717) is 28.7 Å². The molecular weight excluding hydrogens is 396 g/mol. The van der Waals surface area contributed by atoms with Crippen LogP contribution in [0.2, 0.25) is 5.02 Å². The van der Waals surface area contributed by atoms with Gasteiger partial charge in [0.1, 0.15) is 6.29 Å². The zero-order valence-corrected chi connectivity index (χ0v) is 17.6. The standard InChI is InChI=1S/C25H21ClN2O2/c1-16-6-7-19(12-17(16)2)13-23(21-4-3-5-22(26)14-21)25-27-24(28-30-25)20-10-8-18(15-29)9-11-20/h3-12,14-15,23H,13H2,1-2H3. The molecule has 0 amide bonds. The van der Waals surface area contributed by atoms with Crippen molar-refractivity contribution in [3.8, 4) is 11.4 Å². The van der Waals surface area contributed by atoms with Crippen LogP contribution in [0.3, 0.4) is 0 Å². The Bertz CT molecular complexity index is 1180. The molecule has 0 aliphatic heterocycles. The molecule has 30 heavy (non-hydrogen) atoms. The van der Waals surface area contributed by atoms with Crippen molar-refractivity contribution in [3.05, 3.63) is 105 Å². The number of carbonyl (C=O) groups is 1. The Balaban J connectivity index is 1.71. The van der Waals surface area contributed by atoms with Crippen molar-refractivity contribution in [2.75, 3.05) is 0 Å². The molecule has 0 radical (unpaired) electrons. The van der Waals surface area contributed by atoms with E-state index in [4.69, 9.17) is 16.1 Å². The lowest BCUT2D eigenvalue weighted by Crippen LogP contribution is -2.06. The summed E-state index contributed by atoms with van der Waals surface area (Å²) in [4.78, 5) is 15.6. The van der Waals surface area contributed by atoms with Gasteiger partial charge >= 0.3 is 0 Å². The number of hydrogen-bond acceptors (Lipinski definition) is 4. The summed E-state index contributed by atoms with van der Waals surface area (Å²) in [5.74, 6) is 0.904. The first kappa shape index (κ1) is 20.0. The maximum absolute atomic E-state index is 10.9. The average Bonchev–Trinajstić information content (AvgIpc) is 3.24. The van der Waals surface area contributed by atoms with Gasteiger partial charge in [0, 0.05) is 16.1 Å². The van der Waals surface area contributed by atoms with Gasteiger partial charge in [-0.05, 0) is 54.7 Å². The average molecular weight is 417 g/mol. The Morgan fingerprint density at radius 2 is 1.80 bits per heavy atom. The molecule has 0 saturated carbocycles. The lowest BCUT2D eigenvalue weighted by atomic mass is 9.90. The van der Waals surface area contributed by atoms with Crippen LogP contribution < -0.4 is 0 Å². The lowest BCUT2D eigenvalue weighted by molar-refractivity contribution is 0.112. The van der Waals surface area contributed by atoms with Crippen LogP contribution in [0.5, 0.6) is 0 Å². The highest BCUT2D eigenvalue weighted by atomic mass is 35.5. The highest BCUT2D eigenvalue weighted by Gasteiger charge is 2.23. The number of rotatable bonds is 6. The summed E-state index contributed by atoms with van der Waals surface area (Å²) in [6.45, 7) is 4.22. The number of carbonyl (C=O) groups excluding carboxylic acids is 1. The highest BCUT2D eigenvalue weighted by Crippen LogP contribution is 2.31. The van der Waals surface area contributed by atoms with Gasteiger partial charge in [0.25, 0.3) is 0 Å². The van der Waals surface area contributed by atoms with Gasteiger partial charge in [-0.2, -0.15) is 4.98 Å². The van der Waals surface area contributed by atoms with E-state index in [1.807, 2.05) is 36.4 Å². The van der Waals surface area contributed by atoms with Crippen LogP contribution in [0.4, 0.5) is 0 Å². The molecule has 1 aromatic heterocycles. The van der Waals surface area contributed by atoms with Gasteiger partial charge in [-0.3, -0.25) is 4.79 Å². The molecular formula is C25H21ClN2O2. The van der Waals surface area contributed by atoms with Gasteiger partial charge in [0.15, 0.2) is 0 Å². The molecule has 4 aromatic rings. The topological polar surface area (TPSA) is 56.0 Å². The number of aldehydes is 1. The van der Waals surface area contributed by atoms with E-state index < -0.39 is 0 Å². The van der Waals surface area contributed by atoms with Gasteiger partial charge in [0.2, 0.25) is 11.7 Å². The van der Waals surface area contributed by atoms with E-state index in [1.165, 1.54) is 16.7 Å². The number of halogens is 1. The number of benzene rings is 3. The van der Waals surface area contributed by atoms with E-state index in [-0.39, 0.29) is 5.92 Å². The van der Waals surface area contributed by atoms with Crippen molar-refractivity contribution in [2.24, 2.45) is 0 Å². The second-order valence-electron chi connectivity index (χ2n) is 7.43. The lowest BCUT2D eigenvalue weighted by Gasteiger charge is -2.15. The summed E-state index contributed by atoms with van der Waals surface area (Å²) in [5.41, 5.74) is 6.13. The smallest absolute Gasteiger partial charge is 0.234 e. The van der Waals surface area contributed by atoms with Crippen molar-refractivity contribution < 1.29 is 9.32 Å². The highest BCUT2D eigenvalue weighted by molar-refractivity contribution is 6.30. The molecule has 0 fully saturated rings. The van der Waals surface area contributed by atoms with Gasteiger partial charge in [-0.1, -0.05) is 71.4 Å². The summed E-state index contributed by atoms with van der Waals surface area (Å²) in [6, 6.07) is 21.3. The molecule has 4 rings (SSSR count). The fourth-order valence-corrected chi connectivity index (χ4v) is 3.64. The number of nitrogens with zero attached hydrogens (tertiary/aromatic N) is 2. The van der Waals surface area contributed by atoms with Crippen LogP contribution in [-0.4, -0.2) is 16.4 Å². The monoisotopic (exact) mass is 416 g/mol. The summed E-state index contributed by atoms with van der Waals surface area (Å²) in [6.07, 6.45) is 1.53. The van der Waals surface area contributed by atoms with Gasteiger partial charge < -0.3 is 4.52 Å². The van der Waals surface area contributed by atoms with Gasteiger partial charge in [-0.15, -0.1) is 0 Å². The van der Waals surface area contributed by atoms with E-state index >= 15 is 0 Å². The first-order chi connectivity index (χ1) is 14.5. The normalized spacial score (nSPS) is 12.0. The molecule has 5 heteroatoms. The maximum atomic E-state index is 10.9. The van der Waals surface area contributed by atoms with Gasteiger partial charge in [-0.25, -0.2) is 0 Å². The third-order valence-corrected chi connectivity index (χ3v) is 5.54. The van der Waals surface area contributed by atoms with Crippen molar-refractivity contribution in [1.82, 2.24) is 10.1 Å². The molecule has 0 aliphatic carbocycles. The third-order valence-electron chi connectivity index (χ3n) is 5.31. The first-order valence-corrected chi connectivity index (χ1v) is 10.1. The van der Waals surface area contributed by atoms with Crippen molar-refractivity contribution in [3.63, 3.8) is 0 Å². The van der Waals surface area contributed by atoms with Crippen LogP contribution >= 0.6 is 11.6 Å². The van der Waals surface area contributed by atoms with Gasteiger partial charge in [0.05, 0.1) is 5.92 Å². The zero-order valence-electron chi connectivity index (χ0n) is 16.8. The Labute approximate surface area is 180 Å². The number of aryl methyl sites for hydroxylation is 2. The van der Waals surface area contributed by atoms with Crippen molar-refractivity contribution in [1.29, 1.82) is 0 Å². The molecule has 3 aromatic carbocycles. The largest absolute Gasteiger partial charge is 0.338 e. The minimum absolute atomic E-state index is 0.124. The molecule has 1 unspecified atom stereocenters. The SMILES string of the molecule is Cc1ccc(CC(c2cccc(Cl)c2)c2nc(-c3ccc(C=O)cc3)no2)cc1C. The molecule has 1 heterocycles. The first-order valence-electron chi connectivity index (χ1n) is 9.74. The second-order valence-corrected chi connectivity index (χ2v) is 7.86. The molecule has 0 spiro atoms.